The van der Waals surface area contributed by atoms with E-state index in [4.69, 9.17) is 4.74 Å². The molecule has 2 aromatic heterocycles. The Hall–Kier alpha value is -3.29. The number of anilines is 1. The van der Waals surface area contributed by atoms with Gasteiger partial charge in [-0.15, -0.1) is 10.2 Å². The second-order valence-electron chi connectivity index (χ2n) is 6.05. The Labute approximate surface area is 148 Å². The van der Waals surface area contributed by atoms with E-state index in [-0.39, 0.29) is 24.1 Å². The maximum atomic E-state index is 13.7. The molecule has 0 fully saturated rings. The van der Waals surface area contributed by atoms with Crippen molar-refractivity contribution in [3.63, 3.8) is 0 Å². The van der Waals surface area contributed by atoms with Crippen LogP contribution in [0.5, 0.6) is 5.88 Å². The molecule has 132 valence electrons. The SMILES string of the molecule is COc1ccc(-n2nc(C)c3c2NC(=O)C[C@H]3c2cccc(F)c2)nn1. The fourth-order valence-corrected chi connectivity index (χ4v) is 3.26. The van der Waals surface area contributed by atoms with E-state index in [1.807, 2.05) is 13.0 Å². The van der Waals surface area contributed by atoms with Crippen LogP contribution in [0.3, 0.4) is 0 Å². The lowest BCUT2D eigenvalue weighted by Gasteiger charge is -2.24. The molecule has 0 saturated carbocycles. The number of ether oxygens (including phenoxy) is 1. The summed E-state index contributed by atoms with van der Waals surface area (Å²) in [6, 6.07) is 9.68. The number of fused-ring (bicyclic) bond motifs is 1. The molecule has 1 N–H and O–H groups in total. The minimum absolute atomic E-state index is 0.158. The molecule has 8 heteroatoms. The number of aromatic nitrogens is 4. The Morgan fingerprint density at radius 1 is 1.27 bits per heavy atom. The molecular weight excluding hydrogens is 337 g/mol. The third-order valence-electron chi connectivity index (χ3n) is 4.41. The molecule has 0 unspecified atom stereocenters. The normalized spacial score (nSPS) is 16.1. The van der Waals surface area contributed by atoms with Gasteiger partial charge >= 0.3 is 0 Å². The summed E-state index contributed by atoms with van der Waals surface area (Å²) in [4.78, 5) is 12.3. The van der Waals surface area contributed by atoms with Crippen LogP contribution in [0.25, 0.3) is 5.82 Å². The van der Waals surface area contributed by atoms with Gasteiger partial charge in [-0.1, -0.05) is 12.1 Å². The number of amides is 1. The topological polar surface area (TPSA) is 81.9 Å². The number of hydrogen-bond acceptors (Lipinski definition) is 5. The van der Waals surface area contributed by atoms with Gasteiger partial charge in [-0.3, -0.25) is 4.79 Å². The highest BCUT2D eigenvalue weighted by atomic mass is 19.1. The molecule has 3 heterocycles. The summed E-state index contributed by atoms with van der Waals surface area (Å²) in [6.45, 7) is 1.86. The largest absolute Gasteiger partial charge is 0.480 e. The highest BCUT2D eigenvalue weighted by Gasteiger charge is 2.33. The van der Waals surface area contributed by atoms with Crippen molar-refractivity contribution < 1.29 is 13.9 Å². The van der Waals surface area contributed by atoms with Crippen LogP contribution in [-0.4, -0.2) is 33.0 Å². The molecule has 3 aromatic rings. The zero-order valence-electron chi connectivity index (χ0n) is 14.2. The van der Waals surface area contributed by atoms with Crippen molar-refractivity contribution in [3.8, 4) is 11.7 Å². The molecule has 1 aliphatic rings. The molecule has 1 atom stereocenters. The molecule has 0 spiro atoms. The lowest BCUT2D eigenvalue weighted by Crippen LogP contribution is -2.25. The number of benzene rings is 1. The average Bonchev–Trinajstić information content (AvgIpc) is 2.97. The Morgan fingerprint density at radius 3 is 2.81 bits per heavy atom. The van der Waals surface area contributed by atoms with E-state index < -0.39 is 0 Å². The summed E-state index contributed by atoms with van der Waals surface area (Å²) in [5, 5.41) is 15.4. The van der Waals surface area contributed by atoms with E-state index in [1.54, 1.807) is 22.9 Å². The molecule has 0 saturated heterocycles. The first-order chi connectivity index (χ1) is 12.6. The van der Waals surface area contributed by atoms with Crippen LogP contribution in [0.4, 0.5) is 10.2 Å². The van der Waals surface area contributed by atoms with Crippen molar-refractivity contribution in [3.05, 3.63) is 59.0 Å². The van der Waals surface area contributed by atoms with Crippen LogP contribution < -0.4 is 10.1 Å². The maximum Gasteiger partial charge on any atom is 0.233 e. The van der Waals surface area contributed by atoms with Gasteiger partial charge in [-0.25, -0.2) is 4.39 Å². The zero-order chi connectivity index (χ0) is 18.3. The van der Waals surface area contributed by atoms with Gasteiger partial charge in [0.1, 0.15) is 11.6 Å². The average molecular weight is 353 g/mol. The Bertz CT molecular complexity index is 984. The Morgan fingerprint density at radius 2 is 2.12 bits per heavy atom. The van der Waals surface area contributed by atoms with Crippen LogP contribution in [0.15, 0.2) is 36.4 Å². The van der Waals surface area contributed by atoms with Gasteiger partial charge in [0.2, 0.25) is 11.8 Å². The number of nitrogens with zero attached hydrogens (tertiary/aromatic N) is 4. The highest BCUT2D eigenvalue weighted by Crippen LogP contribution is 2.40. The first-order valence-corrected chi connectivity index (χ1v) is 8.09. The molecule has 1 aliphatic heterocycles. The molecule has 1 aromatic carbocycles. The summed E-state index contributed by atoms with van der Waals surface area (Å²) in [5.41, 5.74) is 2.34. The lowest BCUT2D eigenvalue weighted by molar-refractivity contribution is -0.116. The van der Waals surface area contributed by atoms with Crippen molar-refractivity contribution in [2.24, 2.45) is 0 Å². The van der Waals surface area contributed by atoms with Gasteiger partial charge in [-0.2, -0.15) is 9.78 Å². The van der Waals surface area contributed by atoms with Crippen molar-refractivity contribution in [2.45, 2.75) is 19.3 Å². The van der Waals surface area contributed by atoms with Crippen molar-refractivity contribution in [1.82, 2.24) is 20.0 Å². The van der Waals surface area contributed by atoms with Crippen molar-refractivity contribution in [2.75, 3.05) is 12.4 Å². The van der Waals surface area contributed by atoms with Crippen LogP contribution in [0.1, 0.15) is 29.2 Å². The molecule has 0 radical (unpaired) electrons. The van der Waals surface area contributed by atoms with Crippen molar-refractivity contribution in [1.29, 1.82) is 0 Å². The monoisotopic (exact) mass is 353 g/mol. The molecule has 0 aliphatic carbocycles. The minimum atomic E-state index is -0.332. The quantitative estimate of drug-likeness (QED) is 0.783. The van der Waals surface area contributed by atoms with E-state index in [1.165, 1.54) is 19.2 Å². The van der Waals surface area contributed by atoms with Crippen molar-refractivity contribution >= 4 is 11.7 Å². The van der Waals surface area contributed by atoms with Gasteiger partial charge < -0.3 is 10.1 Å². The first-order valence-electron chi connectivity index (χ1n) is 8.09. The molecule has 4 rings (SSSR count). The fraction of sp³-hybridized carbons (Fsp3) is 0.222. The lowest BCUT2D eigenvalue weighted by atomic mass is 9.86. The van der Waals surface area contributed by atoms with Crippen LogP contribution >= 0.6 is 0 Å². The predicted molar refractivity (Wildman–Crippen MR) is 91.9 cm³/mol. The molecular formula is C18H16FN5O2. The first kappa shape index (κ1) is 16.2. The van der Waals surface area contributed by atoms with E-state index in [0.717, 1.165) is 16.8 Å². The third-order valence-corrected chi connectivity index (χ3v) is 4.41. The standard InChI is InChI=1S/C18H16FN5O2/c1-10-17-13(11-4-3-5-12(19)8-11)9-15(25)20-18(17)24(23-10)14-6-7-16(26-2)22-21-14/h3-8,13H,9H2,1-2H3,(H,20,25)/t13-/m0/s1. The highest BCUT2D eigenvalue weighted by molar-refractivity contribution is 5.95. The van der Waals surface area contributed by atoms with Gasteiger partial charge in [0, 0.05) is 24.0 Å². The molecule has 7 nitrogen and oxygen atoms in total. The number of nitrogens with one attached hydrogen (secondary N) is 1. The van der Waals surface area contributed by atoms with E-state index in [0.29, 0.717) is 17.5 Å². The van der Waals surface area contributed by atoms with Gasteiger partial charge in [0.25, 0.3) is 0 Å². The molecule has 1 amide bonds. The fourth-order valence-electron chi connectivity index (χ4n) is 3.26. The number of halogens is 1. The summed E-state index contributed by atoms with van der Waals surface area (Å²) in [5.74, 6) is 0.612. The second kappa shape index (κ2) is 6.21. The number of hydrogen-bond donors (Lipinski definition) is 1. The number of aryl methyl sites for hydroxylation is 1. The number of methoxy groups -OCH3 is 1. The van der Waals surface area contributed by atoms with E-state index in [9.17, 15) is 9.18 Å². The summed E-state index contributed by atoms with van der Waals surface area (Å²) < 4.78 is 20.2. The summed E-state index contributed by atoms with van der Waals surface area (Å²) in [6.07, 6.45) is 0.233. The zero-order valence-corrected chi connectivity index (χ0v) is 14.2. The third kappa shape index (κ3) is 2.69. The Balaban J connectivity index is 1.84. The summed E-state index contributed by atoms with van der Waals surface area (Å²) in [7, 11) is 1.51. The van der Waals surface area contributed by atoms with Gasteiger partial charge in [-0.05, 0) is 30.7 Å². The number of carbonyl (C=O) groups is 1. The molecule has 0 bridgehead atoms. The van der Waals surface area contributed by atoms with Crippen LogP contribution in [-0.2, 0) is 4.79 Å². The van der Waals surface area contributed by atoms with Crippen LogP contribution in [0, 0.1) is 12.7 Å². The van der Waals surface area contributed by atoms with E-state index >= 15 is 0 Å². The maximum absolute atomic E-state index is 13.7. The van der Waals surface area contributed by atoms with Gasteiger partial charge in [0.15, 0.2) is 5.82 Å². The minimum Gasteiger partial charge on any atom is -0.480 e. The summed E-state index contributed by atoms with van der Waals surface area (Å²) >= 11 is 0. The van der Waals surface area contributed by atoms with Gasteiger partial charge in [0.05, 0.1) is 12.8 Å². The second-order valence-corrected chi connectivity index (χ2v) is 6.05. The smallest absolute Gasteiger partial charge is 0.233 e. The molecule has 26 heavy (non-hydrogen) atoms. The van der Waals surface area contributed by atoms with E-state index in [2.05, 4.69) is 20.6 Å². The predicted octanol–water partition coefficient (Wildman–Crippen LogP) is 2.59. The number of carbonyl (C=O) groups excluding carboxylic acids is 1. The number of rotatable bonds is 3. The van der Waals surface area contributed by atoms with Crippen LogP contribution in [0.2, 0.25) is 0 Å². The Kier molecular flexibility index (Phi) is 3.87.